The van der Waals surface area contributed by atoms with E-state index in [4.69, 9.17) is 15.6 Å². The Morgan fingerprint density at radius 2 is 1.83 bits per heavy atom. The van der Waals surface area contributed by atoms with Crippen LogP contribution in [0.4, 0.5) is 10.5 Å². The maximum atomic E-state index is 13.4. The Labute approximate surface area is 242 Å². The van der Waals surface area contributed by atoms with Crippen molar-refractivity contribution >= 4 is 47.7 Å². The molecule has 0 aliphatic carbocycles. The number of aliphatic carboxylic acids is 1. The zero-order valence-electron chi connectivity index (χ0n) is 23.8. The van der Waals surface area contributed by atoms with E-state index in [1.54, 1.807) is 32.0 Å². The number of amides is 3. The molecular weight excluding hydrogens is 548 g/mol. The highest BCUT2D eigenvalue weighted by Gasteiger charge is 2.27. The summed E-state index contributed by atoms with van der Waals surface area (Å²) in [6.45, 7) is 6.85. The van der Waals surface area contributed by atoms with Gasteiger partial charge in [-0.2, -0.15) is 0 Å². The number of esters is 1. The molecule has 1 aromatic carbocycles. The van der Waals surface area contributed by atoms with Crippen molar-refractivity contribution in [3.05, 3.63) is 64.5 Å². The number of nitrogens with two attached hydrogens (primary N) is 1. The fourth-order valence-corrected chi connectivity index (χ4v) is 3.54. The SMILES string of the molecule is CCCNC(=O)c1ccc(C)c(N=C(N=CN)c2[nH]cc(C(=O)N(CCC)C(=O)OCOC(=O)/C=C/C(=O)O)c2C)c1. The number of hydrogen-bond acceptors (Lipinski definition) is 8. The van der Waals surface area contributed by atoms with Gasteiger partial charge in [0.1, 0.15) is 0 Å². The van der Waals surface area contributed by atoms with Gasteiger partial charge in [-0.3, -0.25) is 9.59 Å². The lowest BCUT2D eigenvalue weighted by atomic mass is 10.1. The molecule has 0 unspecified atom stereocenters. The average Bonchev–Trinajstić information content (AvgIpc) is 3.34. The molecule has 0 saturated heterocycles. The van der Waals surface area contributed by atoms with Crippen LogP contribution in [0, 0.1) is 13.8 Å². The predicted molar refractivity (Wildman–Crippen MR) is 154 cm³/mol. The molecule has 0 spiro atoms. The van der Waals surface area contributed by atoms with Gasteiger partial charge in [-0.1, -0.05) is 19.9 Å². The Hall–Kier alpha value is -5.27. The number of aryl methyl sites for hydroxylation is 1. The Balaban J connectivity index is 2.32. The number of H-pyrrole nitrogens is 1. The summed E-state index contributed by atoms with van der Waals surface area (Å²) in [7, 11) is 0. The lowest BCUT2D eigenvalue weighted by Gasteiger charge is -2.19. The molecule has 3 amide bonds. The largest absolute Gasteiger partial charge is 0.478 e. The molecule has 0 aliphatic rings. The summed E-state index contributed by atoms with van der Waals surface area (Å²) in [4.78, 5) is 73.0. The molecule has 224 valence electrons. The van der Waals surface area contributed by atoms with E-state index in [0.717, 1.165) is 23.2 Å². The first-order valence-corrected chi connectivity index (χ1v) is 13.0. The highest BCUT2D eigenvalue weighted by Crippen LogP contribution is 2.24. The van der Waals surface area contributed by atoms with Gasteiger partial charge in [-0.15, -0.1) is 0 Å². The van der Waals surface area contributed by atoms with E-state index < -0.39 is 30.7 Å². The number of amidine groups is 1. The number of aliphatic imine (C=N–C) groups is 2. The highest BCUT2D eigenvalue weighted by atomic mass is 16.7. The van der Waals surface area contributed by atoms with Crippen LogP contribution in [-0.2, 0) is 19.1 Å². The first kappa shape index (κ1) is 32.9. The van der Waals surface area contributed by atoms with Gasteiger partial charge in [0.25, 0.3) is 11.8 Å². The summed E-state index contributed by atoms with van der Waals surface area (Å²) in [5, 5.41) is 11.4. The van der Waals surface area contributed by atoms with E-state index in [9.17, 15) is 24.0 Å². The molecule has 2 aromatic rings. The molecule has 0 aliphatic heterocycles. The average molecular weight is 583 g/mol. The van der Waals surface area contributed by atoms with Crippen molar-refractivity contribution in [3.8, 4) is 0 Å². The van der Waals surface area contributed by atoms with Crippen LogP contribution in [0.2, 0.25) is 0 Å². The summed E-state index contributed by atoms with van der Waals surface area (Å²) in [5.74, 6) is -3.20. The number of carboxylic acid groups (broad SMARTS) is 1. The molecule has 5 N–H and O–H groups in total. The van der Waals surface area contributed by atoms with Crippen LogP contribution in [0.1, 0.15) is 64.2 Å². The van der Waals surface area contributed by atoms with E-state index in [1.807, 2.05) is 13.8 Å². The van der Waals surface area contributed by atoms with Gasteiger partial charge in [0.05, 0.1) is 23.3 Å². The van der Waals surface area contributed by atoms with E-state index in [1.165, 1.54) is 6.20 Å². The van der Waals surface area contributed by atoms with Crippen LogP contribution in [0.25, 0.3) is 0 Å². The molecule has 14 nitrogen and oxygen atoms in total. The van der Waals surface area contributed by atoms with Crippen molar-refractivity contribution in [2.24, 2.45) is 15.7 Å². The van der Waals surface area contributed by atoms with Gasteiger partial charge in [0.15, 0.2) is 5.84 Å². The molecule has 42 heavy (non-hydrogen) atoms. The number of carbonyl (C=O) groups is 5. The molecule has 14 heteroatoms. The lowest BCUT2D eigenvalue weighted by Crippen LogP contribution is -2.38. The van der Waals surface area contributed by atoms with Gasteiger partial charge in [0.2, 0.25) is 6.79 Å². The maximum absolute atomic E-state index is 13.4. The molecule has 1 heterocycles. The van der Waals surface area contributed by atoms with Crippen LogP contribution < -0.4 is 11.1 Å². The number of ether oxygens (including phenoxy) is 2. The fourth-order valence-electron chi connectivity index (χ4n) is 3.54. The third-order valence-corrected chi connectivity index (χ3v) is 5.68. The Kier molecular flexibility index (Phi) is 12.6. The molecule has 0 fully saturated rings. The van der Waals surface area contributed by atoms with Crippen molar-refractivity contribution in [1.82, 2.24) is 15.2 Å². The van der Waals surface area contributed by atoms with Crippen molar-refractivity contribution in [2.45, 2.75) is 40.5 Å². The number of rotatable bonds is 12. The summed E-state index contributed by atoms with van der Waals surface area (Å²) in [5.41, 5.74) is 8.12. The van der Waals surface area contributed by atoms with Gasteiger partial charge in [0, 0.05) is 37.0 Å². The molecule has 0 atom stereocenters. The topological polar surface area (TPSA) is 206 Å². The smallest absolute Gasteiger partial charge is 0.419 e. The Morgan fingerprint density at radius 1 is 1.10 bits per heavy atom. The second-order valence-electron chi connectivity index (χ2n) is 8.79. The number of carboxylic acids is 1. The van der Waals surface area contributed by atoms with Crippen LogP contribution in [0.15, 0.2) is 46.5 Å². The minimum Gasteiger partial charge on any atom is -0.478 e. The molecule has 0 radical (unpaired) electrons. The molecule has 1 aromatic heterocycles. The van der Waals surface area contributed by atoms with Gasteiger partial charge >= 0.3 is 18.0 Å². The summed E-state index contributed by atoms with van der Waals surface area (Å²) < 4.78 is 9.52. The normalized spacial score (nSPS) is 11.5. The number of imide groups is 1. The second-order valence-corrected chi connectivity index (χ2v) is 8.79. The zero-order chi connectivity index (χ0) is 31.2. The summed E-state index contributed by atoms with van der Waals surface area (Å²) >= 11 is 0. The predicted octanol–water partition coefficient (Wildman–Crippen LogP) is 2.97. The molecule has 2 rings (SSSR count). The fraction of sp³-hybridized carbons (Fsp3) is 0.321. The van der Waals surface area contributed by atoms with Crippen LogP contribution in [0.5, 0.6) is 0 Å². The van der Waals surface area contributed by atoms with E-state index in [-0.39, 0.29) is 23.9 Å². The Morgan fingerprint density at radius 3 is 2.48 bits per heavy atom. The highest BCUT2D eigenvalue weighted by molar-refractivity contribution is 6.09. The third-order valence-electron chi connectivity index (χ3n) is 5.68. The molecule has 0 bridgehead atoms. The monoisotopic (exact) mass is 582 g/mol. The number of nitrogens with one attached hydrogen (secondary N) is 2. The number of aromatic amines is 1. The Bertz CT molecular complexity index is 1410. The van der Waals surface area contributed by atoms with Gasteiger partial charge in [-0.25, -0.2) is 29.3 Å². The number of nitrogens with zero attached hydrogens (tertiary/aromatic N) is 3. The number of benzene rings is 1. The quantitative estimate of drug-likeness (QED) is 0.0952. The van der Waals surface area contributed by atoms with Gasteiger partial charge in [-0.05, 0) is 49.9 Å². The zero-order valence-corrected chi connectivity index (χ0v) is 23.8. The first-order chi connectivity index (χ1) is 20.0. The summed E-state index contributed by atoms with van der Waals surface area (Å²) in [6.07, 6.45) is 3.78. The van der Waals surface area contributed by atoms with Crippen molar-refractivity contribution in [3.63, 3.8) is 0 Å². The number of aromatic nitrogens is 1. The molecular formula is C28H34N6O8. The van der Waals surface area contributed by atoms with Crippen LogP contribution in [0.3, 0.4) is 0 Å². The van der Waals surface area contributed by atoms with E-state index >= 15 is 0 Å². The van der Waals surface area contributed by atoms with Crippen molar-refractivity contribution in [1.29, 1.82) is 0 Å². The van der Waals surface area contributed by atoms with Crippen molar-refractivity contribution in [2.75, 3.05) is 19.9 Å². The number of hydrogen-bond donors (Lipinski definition) is 4. The molecule has 0 saturated carbocycles. The third kappa shape index (κ3) is 9.15. The van der Waals surface area contributed by atoms with Gasteiger partial charge < -0.3 is 30.6 Å². The lowest BCUT2D eigenvalue weighted by molar-refractivity contribution is -0.146. The second kappa shape index (κ2) is 16.1. The number of carbonyl (C=O) groups excluding carboxylic acids is 4. The standard InChI is InChI=1S/C28H34N6O8/c1-5-11-30-26(38)19-8-7-17(3)21(13-19)33-25(32-15-29)24-18(4)20(14-31-24)27(39)34(12-6-2)28(40)42-16-41-23(37)10-9-22(35)36/h7-10,13-15,31H,5-6,11-12,16H2,1-4H3,(H,30,38)(H,35,36)(H2,29,32,33)/b10-9+. The van der Waals surface area contributed by atoms with Crippen LogP contribution >= 0.6 is 0 Å². The van der Waals surface area contributed by atoms with E-state index in [0.29, 0.717) is 47.6 Å². The summed E-state index contributed by atoms with van der Waals surface area (Å²) in [6, 6.07) is 5.07. The maximum Gasteiger partial charge on any atom is 0.419 e. The van der Waals surface area contributed by atoms with Crippen molar-refractivity contribution < 1.29 is 38.6 Å². The van der Waals surface area contributed by atoms with E-state index in [2.05, 4.69) is 25.0 Å². The minimum atomic E-state index is -1.35. The minimum absolute atomic E-state index is 0.00152. The first-order valence-electron chi connectivity index (χ1n) is 13.0. The van der Waals surface area contributed by atoms with Crippen LogP contribution in [-0.4, -0.2) is 76.9 Å².